The van der Waals surface area contributed by atoms with Crippen LogP contribution in [0.1, 0.15) is 50.2 Å². The molecule has 0 atom stereocenters. The molecule has 10 heteroatoms. The maximum Gasteiger partial charge on any atom is 0.252 e. The fourth-order valence-corrected chi connectivity index (χ4v) is 5.85. The number of rotatable bonds is 5. The molecule has 0 N–H and O–H groups in total. The molecule has 1 saturated heterocycles. The van der Waals surface area contributed by atoms with Gasteiger partial charge >= 0.3 is 0 Å². The Balaban J connectivity index is 1.45. The van der Waals surface area contributed by atoms with E-state index < -0.39 is 10.0 Å². The zero-order chi connectivity index (χ0) is 19.0. The minimum absolute atomic E-state index is 0.101. The van der Waals surface area contributed by atoms with Gasteiger partial charge in [0.2, 0.25) is 5.89 Å². The van der Waals surface area contributed by atoms with E-state index in [2.05, 4.69) is 15.3 Å². The topological polar surface area (TPSA) is 102 Å². The van der Waals surface area contributed by atoms with Gasteiger partial charge in [0.1, 0.15) is 4.21 Å². The maximum atomic E-state index is 12.9. The highest BCUT2D eigenvalue weighted by atomic mass is 32.2. The number of hydrogen-bond acceptors (Lipinski definition) is 8. The van der Waals surface area contributed by atoms with E-state index >= 15 is 0 Å². The summed E-state index contributed by atoms with van der Waals surface area (Å²) in [7, 11) is -3.52. The molecule has 3 aromatic rings. The summed E-state index contributed by atoms with van der Waals surface area (Å²) in [5.41, 5.74) is 0.720. The zero-order valence-electron chi connectivity index (χ0n) is 15.0. The third-order valence-corrected chi connectivity index (χ3v) is 7.98. The second-order valence-corrected chi connectivity index (χ2v) is 9.93. The van der Waals surface area contributed by atoms with Gasteiger partial charge in [0, 0.05) is 41.9 Å². The highest BCUT2D eigenvalue weighted by Gasteiger charge is 2.33. The van der Waals surface area contributed by atoms with E-state index in [0.29, 0.717) is 47.6 Å². The Kier molecular flexibility index (Phi) is 4.87. The summed E-state index contributed by atoms with van der Waals surface area (Å²) in [4.78, 5) is 4.45. The molecule has 0 spiro atoms. The molecule has 27 heavy (non-hydrogen) atoms. The lowest BCUT2D eigenvalue weighted by Crippen LogP contribution is -2.37. The van der Waals surface area contributed by atoms with Crippen LogP contribution in [-0.4, -0.2) is 41.1 Å². The van der Waals surface area contributed by atoms with Gasteiger partial charge in [-0.3, -0.25) is 0 Å². The first-order valence-electron chi connectivity index (χ1n) is 8.78. The van der Waals surface area contributed by atoms with Crippen LogP contribution in [0.5, 0.6) is 0 Å². The predicted octanol–water partition coefficient (Wildman–Crippen LogP) is 3.48. The van der Waals surface area contributed by atoms with Crippen LogP contribution in [0.2, 0.25) is 0 Å². The molecule has 0 saturated carbocycles. The molecule has 0 bridgehead atoms. The van der Waals surface area contributed by atoms with E-state index in [1.54, 1.807) is 17.5 Å². The molecule has 8 nitrogen and oxygen atoms in total. The first-order valence-corrected chi connectivity index (χ1v) is 11.1. The molecule has 1 aliphatic rings. The Bertz CT molecular complexity index is 1000. The van der Waals surface area contributed by atoms with Crippen LogP contribution in [0, 0.1) is 0 Å². The largest absolute Gasteiger partial charge is 0.356 e. The molecule has 0 aliphatic carbocycles. The van der Waals surface area contributed by atoms with E-state index in [4.69, 9.17) is 9.05 Å². The van der Waals surface area contributed by atoms with Gasteiger partial charge < -0.3 is 9.05 Å². The van der Waals surface area contributed by atoms with Gasteiger partial charge in [-0.05, 0) is 18.9 Å². The standard InChI is InChI=1S/C17H20N4O4S2/c1-11(2)16-19-17(25-20-16)12-4-7-21(8-5-12)27(22,23)15-9-13(10-26-15)14-3-6-18-24-14/h3,6,9-12H,4-5,7-8H2,1-2H3. The smallest absolute Gasteiger partial charge is 0.252 e. The summed E-state index contributed by atoms with van der Waals surface area (Å²) < 4.78 is 38.2. The van der Waals surface area contributed by atoms with Crippen molar-refractivity contribution in [3.05, 3.63) is 35.4 Å². The summed E-state index contributed by atoms with van der Waals surface area (Å²) in [6, 6.07) is 3.35. The first-order chi connectivity index (χ1) is 12.9. The summed E-state index contributed by atoms with van der Waals surface area (Å²) in [6.45, 7) is 4.89. The lowest BCUT2D eigenvalue weighted by atomic mass is 9.98. The molecular formula is C17H20N4O4S2. The van der Waals surface area contributed by atoms with E-state index in [1.807, 2.05) is 13.8 Å². The Morgan fingerprint density at radius 3 is 2.67 bits per heavy atom. The van der Waals surface area contributed by atoms with Crippen LogP contribution < -0.4 is 0 Å². The third-order valence-electron chi connectivity index (χ3n) is 4.67. The normalized spacial score (nSPS) is 17.0. The minimum atomic E-state index is -3.52. The van der Waals surface area contributed by atoms with Gasteiger partial charge in [0.25, 0.3) is 10.0 Å². The van der Waals surface area contributed by atoms with Gasteiger partial charge in [0.15, 0.2) is 11.6 Å². The number of piperidine rings is 1. The first kappa shape index (κ1) is 18.3. The molecule has 0 unspecified atom stereocenters. The second kappa shape index (κ2) is 7.17. The van der Waals surface area contributed by atoms with Crippen LogP contribution in [0.25, 0.3) is 11.3 Å². The van der Waals surface area contributed by atoms with Crippen molar-refractivity contribution < 1.29 is 17.5 Å². The van der Waals surface area contributed by atoms with Gasteiger partial charge in [-0.15, -0.1) is 11.3 Å². The lowest BCUT2D eigenvalue weighted by Gasteiger charge is -2.29. The van der Waals surface area contributed by atoms with Crippen molar-refractivity contribution in [3.63, 3.8) is 0 Å². The van der Waals surface area contributed by atoms with Crippen LogP contribution in [0.4, 0.5) is 0 Å². The van der Waals surface area contributed by atoms with Crippen molar-refractivity contribution in [3.8, 4) is 11.3 Å². The number of nitrogens with zero attached hydrogens (tertiary/aromatic N) is 4. The average molecular weight is 409 g/mol. The molecule has 0 aromatic carbocycles. The Morgan fingerprint density at radius 1 is 1.26 bits per heavy atom. The highest BCUT2D eigenvalue weighted by Crippen LogP contribution is 2.34. The van der Waals surface area contributed by atoms with Crippen LogP contribution in [0.15, 0.2) is 37.0 Å². The number of aromatic nitrogens is 3. The van der Waals surface area contributed by atoms with E-state index in [1.165, 1.54) is 21.8 Å². The fourth-order valence-electron chi connectivity index (χ4n) is 3.06. The highest BCUT2D eigenvalue weighted by molar-refractivity contribution is 7.91. The monoisotopic (exact) mass is 408 g/mol. The van der Waals surface area contributed by atoms with E-state index in [-0.39, 0.29) is 11.8 Å². The Morgan fingerprint density at radius 2 is 2.04 bits per heavy atom. The number of sulfonamides is 1. The minimum Gasteiger partial charge on any atom is -0.356 e. The van der Waals surface area contributed by atoms with Crippen molar-refractivity contribution in [2.45, 2.75) is 42.7 Å². The molecular weight excluding hydrogens is 388 g/mol. The molecule has 0 amide bonds. The van der Waals surface area contributed by atoms with Crippen molar-refractivity contribution in [2.24, 2.45) is 0 Å². The Labute approximate surface area is 161 Å². The molecule has 1 fully saturated rings. The molecule has 4 heterocycles. The van der Waals surface area contributed by atoms with Crippen molar-refractivity contribution >= 4 is 21.4 Å². The summed E-state index contributed by atoms with van der Waals surface area (Å²) in [6.07, 6.45) is 2.87. The fraction of sp³-hybridized carbons (Fsp3) is 0.471. The molecule has 144 valence electrons. The SMILES string of the molecule is CC(C)c1noc(C2CCN(S(=O)(=O)c3cc(-c4ccno4)cs3)CC2)n1. The van der Waals surface area contributed by atoms with Gasteiger partial charge in [-0.2, -0.15) is 9.29 Å². The average Bonchev–Trinajstić information content (AvgIpc) is 3.42. The van der Waals surface area contributed by atoms with Crippen molar-refractivity contribution in [1.29, 1.82) is 0 Å². The summed E-state index contributed by atoms with van der Waals surface area (Å²) in [5.74, 6) is 2.17. The molecule has 0 radical (unpaired) electrons. The maximum absolute atomic E-state index is 12.9. The third kappa shape index (κ3) is 3.56. The van der Waals surface area contributed by atoms with E-state index in [0.717, 1.165) is 5.56 Å². The van der Waals surface area contributed by atoms with Gasteiger partial charge in [0.05, 0.1) is 6.20 Å². The van der Waals surface area contributed by atoms with Crippen LogP contribution in [-0.2, 0) is 10.0 Å². The quantitative estimate of drug-likeness (QED) is 0.637. The Hall–Kier alpha value is -2.04. The number of thiophene rings is 1. The zero-order valence-corrected chi connectivity index (χ0v) is 16.7. The molecule has 1 aliphatic heterocycles. The van der Waals surface area contributed by atoms with E-state index in [9.17, 15) is 8.42 Å². The molecule has 3 aromatic heterocycles. The second-order valence-electron chi connectivity index (χ2n) is 6.85. The van der Waals surface area contributed by atoms with Crippen LogP contribution >= 0.6 is 11.3 Å². The van der Waals surface area contributed by atoms with Gasteiger partial charge in [-0.25, -0.2) is 8.42 Å². The summed E-state index contributed by atoms with van der Waals surface area (Å²) >= 11 is 1.19. The van der Waals surface area contributed by atoms with Crippen LogP contribution in [0.3, 0.4) is 0 Å². The summed E-state index contributed by atoms with van der Waals surface area (Å²) in [5, 5.41) is 9.43. The predicted molar refractivity (Wildman–Crippen MR) is 98.9 cm³/mol. The van der Waals surface area contributed by atoms with Crippen molar-refractivity contribution in [1.82, 2.24) is 19.6 Å². The lowest BCUT2D eigenvalue weighted by molar-refractivity contribution is 0.270. The van der Waals surface area contributed by atoms with Gasteiger partial charge in [-0.1, -0.05) is 24.2 Å². The molecule has 4 rings (SSSR count). The van der Waals surface area contributed by atoms with Crippen molar-refractivity contribution in [2.75, 3.05) is 13.1 Å². The number of hydrogen-bond donors (Lipinski definition) is 0.